The van der Waals surface area contributed by atoms with Gasteiger partial charge in [0.25, 0.3) is 0 Å². The van der Waals surface area contributed by atoms with Crippen molar-refractivity contribution in [1.82, 2.24) is 5.32 Å². The molecular weight excluding hydrogens is 236 g/mol. The molecule has 3 heteroatoms. The van der Waals surface area contributed by atoms with Crippen LogP contribution >= 0.6 is 0 Å². The van der Waals surface area contributed by atoms with E-state index in [1.54, 1.807) is 0 Å². The van der Waals surface area contributed by atoms with Gasteiger partial charge in [-0.25, -0.2) is 0 Å². The third-order valence-electron chi connectivity index (χ3n) is 4.92. The van der Waals surface area contributed by atoms with Crippen LogP contribution in [0.15, 0.2) is 0 Å². The Bertz CT molecular complexity index is 274. The van der Waals surface area contributed by atoms with Crippen molar-refractivity contribution in [2.75, 3.05) is 0 Å². The fraction of sp³-hybridized carbons (Fsp3) is 0.938. The number of nitrogens with two attached hydrogens (primary N) is 1. The second kappa shape index (κ2) is 7.88. The molecule has 0 aromatic rings. The van der Waals surface area contributed by atoms with Crippen LogP contribution in [-0.2, 0) is 4.79 Å². The molecule has 3 N–H and O–H groups in total. The van der Waals surface area contributed by atoms with Crippen LogP contribution in [0.1, 0.15) is 77.0 Å². The lowest BCUT2D eigenvalue weighted by atomic mass is 9.86. The molecule has 2 aliphatic carbocycles. The Kier molecular flexibility index (Phi) is 6.15. The molecule has 0 heterocycles. The first-order valence-electron chi connectivity index (χ1n) is 8.30. The maximum atomic E-state index is 12.0. The molecular formula is C16H30N2O. The maximum Gasteiger partial charge on any atom is 0.220 e. The molecule has 110 valence electrons. The minimum atomic E-state index is 0.168. The van der Waals surface area contributed by atoms with E-state index in [1.807, 2.05) is 0 Å². The van der Waals surface area contributed by atoms with Crippen molar-refractivity contribution >= 4 is 5.91 Å². The van der Waals surface area contributed by atoms with Crippen LogP contribution in [0.2, 0.25) is 0 Å². The highest BCUT2D eigenvalue weighted by molar-refractivity contribution is 5.76. The third kappa shape index (κ3) is 5.13. The predicted octanol–water partition coefficient (Wildman–Crippen LogP) is 3.12. The first-order chi connectivity index (χ1) is 9.25. The van der Waals surface area contributed by atoms with Gasteiger partial charge in [0.15, 0.2) is 0 Å². The van der Waals surface area contributed by atoms with Crippen molar-refractivity contribution < 1.29 is 4.79 Å². The first-order valence-corrected chi connectivity index (χ1v) is 8.30. The number of amides is 1. The number of carbonyl (C=O) groups is 1. The summed E-state index contributed by atoms with van der Waals surface area (Å²) in [6.45, 7) is 0. The monoisotopic (exact) mass is 266 g/mol. The molecule has 0 aromatic carbocycles. The van der Waals surface area contributed by atoms with Gasteiger partial charge >= 0.3 is 0 Å². The molecule has 2 atom stereocenters. The third-order valence-corrected chi connectivity index (χ3v) is 4.92. The van der Waals surface area contributed by atoms with E-state index < -0.39 is 0 Å². The molecule has 1 amide bonds. The van der Waals surface area contributed by atoms with E-state index in [4.69, 9.17) is 5.73 Å². The normalized spacial score (nSPS) is 29.7. The van der Waals surface area contributed by atoms with Crippen molar-refractivity contribution in [3.05, 3.63) is 0 Å². The largest absolute Gasteiger partial charge is 0.352 e. The van der Waals surface area contributed by atoms with Crippen molar-refractivity contribution in [1.29, 1.82) is 0 Å². The Morgan fingerprint density at radius 2 is 1.58 bits per heavy atom. The highest BCUT2D eigenvalue weighted by atomic mass is 16.1. The lowest BCUT2D eigenvalue weighted by Gasteiger charge is -2.24. The van der Waals surface area contributed by atoms with Gasteiger partial charge in [0.05, 0.1) is 0 Å². The molecule has 2 saturated carbocycles. The summed E-state index contributed by atoms with van der Waals surface area (Å²) >= 11 is 0. The highest BCUT2D eigenvalue weighted by Gasteiger charge is 2.22. The topological polar surface area (TPSA) is 55.1 Å². The average molecular weight is 266 g/mol. The fourth-order valence-electron chi connectivity index (χ4n) is 3.61. The van der Waals surface area contributed by atoms with Gasteiger partial charge in [0, 0.05) is 18.5 Å². The van der Waals surface area contributed by atoms with Crippen LogP contribution in [0.3, 0.4) is 0 Å². The van der Waals surface area contributed by atoms with E-state index in [0.717, 1.165) is 25.2 Å². The van der Waals surface area contributed by atoms with E-state index in [2.05, 4.69) is 5.32 Å². The molecule has 0 aromatic heterocycles. The van der Waals surface area contributed by atoms with E-state index >= 15 is 0 Å². The van der Waals surface area contributed by atoms with Crippen LogP contribution in [0.5, 0.6) is 0 Å². The summed E-state index contributed by atoms with van der Waals surface area (Å²) in [5.74, 6) is 1.02. The quantitative estimate of drug-likeness (QED) is 0.768. The summed E-state index contributed by atoms with van der Waals surface area (Å²) in [6.07, 6.45) is 14.4. The maximum absolute atomic E-state index is 12.0. The van der Waals surface area contributed by atoms with Gasteiger partial charge < -0.3 is 11.1 Å². The molecule has 0 saturated heterocycles. The van der Waals surface area contributed by atoms with Crippen molar-refractivity contribution in [2.24, 2.45) is 11.7 Å². The zero-order valence-corrected chi connectivity index (χ0v) is 12.2. The summed E-state index contributed by atoms with van der Waals surface area (Å²) in [5.41, 5.74) is 6.15. The second-order valence-electron chi connectivity index (χ2n) is 6.52. The predicted molar refractivity (Wildman–Crippen MR) is 78.8 cm³/mol. The molecule has 2 rings (SSSR count). The molecule has 0 aliphatic heterocycles. The van der Waals surface area contributed by atoms with Crippen LogP contribution in [0.4, 0.5) is 0 Å². The van der Waals surface area contributed by atoms with Gasteiger partial charge in [0.2, 0.25) is 5.91 Å². The number of hydrogen-bond donors (Lipinski definition) is 2. The van der Waals surface area contributed by atoms with Gasteiger partial charge in [-0.15, -0.1) is 0 Å². The van der Waals surface area contributed by atoms with Crippen molar-refractivity contribution in [2.45, 2.75) is 89.1 Å². The van der Waals surface area contributed by atoms with Crippen LogP contribution < -0.4 is 11.1 Å². The Hall–Kier alpha value is -0.570. The summed E-state index contributed by atoms with van der Waals surface area (Å²) in [4.78, 5) is 12.0. The van der Waals surface area contributed by atoms with Crippen molar-refractivity contribution in [3.8, 4) is 0 Å². The zero-order valence-electron chi connectivity index (χ0n) is 12.2. The summed E-state index contributed by atoms with van der Waals surface area (Å²) in [5, 5.41) is 3.18. The Morgan fingerprint density at radius 3 is 2.32 bits per heavy atom. The van der Waals surface area contributed by atoms with Crippen LogP contribution in [-0.4, -0.2) is 18.0 Å². The van der Waals surface area contributed by atoms with Crippen LogP contribution in [0.25, 0.3) is 0 Å². The minimum Gasteiger partial charge on any atom is -0.352 e. The van der Waals surface area contributed by atoms with Gasteiger partial charge in [-0.05, 0) is 25.2 Å². The second-order valence-corrected chi connectivity index (χ2v) is 6.52. The van der Waals surface area contributed by atoms with Crippen LogP contribution in [0, 0.1) is 5.92 Å². The fourth-order valence-corrected chi connectivity index (χ4v) is 3.61. The molecule has 3 nitrogen and oxygen atoms in total. The standard InChI is InChI=1S/C16H30N2O/c17-14-9-5-2-6-10-15(14)18-16(19)12-11-13-7-3-1-4-8-13/h13-15H,1-12,17H2,(H,18,19). The highest BCUT2D eigenvalue weighted by Crippen LogP contribution is 2.27. The first kappa shape index (κ1) is 14.8. The SMILES string of the molecule is NC1CCCCCC1NC(=O)CCC1CCCCC1. The Morgan fingerprint density at radius 1 is 0.947 bits per heavy atom. The molecule has 0 spiro atoms. The molecule has 0 radical (unpaired) electrons. The van der Waals surface area contributed by atoms with Gasteiger partial charge in [-0.2, -0.15) is 0 Å². The van der Waals surface area contributed by atoms with E-state index in [0.29, 0.717) is 6.42 Å². The van der Waals surface area contributed by atoms with E-state index in [9.17, 15) is 4.79 Å². The average Bonchev–Trinajstić information content (AvgIpc) is 2.63. The zero-order chi connectivity index (χ0) is 13.5. The van der Waals surface area contributed by atoms with Crippen molar-refractivity contribution in [3.63, 3.8) is 0 Å². The van der Waals surface area contributed by atoms with Gasteiger partial charge in [0.1, 0.15) is 0 Å². The van der Waals surface area contributed by atoms with Gasteiger partial charge in [-0.1, -0.05) is 51.4 Å². The lowest BCUT2D eigenvalue weighted by Crippen LogP contribution is -2.46. The Labute approximate surface area is 117 Å². The molecule has 2 aliphatic rings. The number of nitrogens with one attached hydrogen (secondary N) is 1. The number of hydrogen-bond acceptors (Lipinski definition) is 2. The summed E-state index contributed by atoms with van der Waals surface area (Å²) in [7, 11) is 0. The minimum absolute atomic E-state index is 0.168. The number of carbonyl (C=O) groups excluding carboxylic acids is 1. The smallest absolute Gasteiger partial charge is 0.220 e. The molecule has 2 fully saturated rings. The lowest BCUT2D eigenvalue weighted by molar-refractivity contribution is -0.122. The van der Waals surface area contributed by atoms with E-state index in [-0.39, 0.29) is 18.0 Å². The van der Waals surface area contributed by atoms with Gasteiger partial charge in [-0.3, -0.25) is 4.79 Å². The van der Waals surface area contributed by atoms with E-state index in [1.165, 1.54) is 51.4 Å². The Balaban J connectivity index is 1.67. The number of rotatable bonds is 4. The molecule has 0 bridgehead atoms. The summed E-state index contributed by atoms with van der Waals surface area (Å²) < 4.78 is 0. The molecule has 19 heavy (non-hydrogen) atoms. The molecule has 2 unspecified atom stereocenters. The summed E-state index contributed by atoms with van der Waals surface area (Å²) in [6, 6.07) is 0.391.